The molecule has 0 unspecified atom stereocenters. The molecule has 100 valence electrons. The summed E-state index contributed by atoms with van der Waals surface area (Å²) < 4.78 is 0. The van der Waals surface area contributed by atoms with Crippen LogP contribution >= 0.6 is 0 Å². The van der Waals surface area contributed by atoms with E-state index in [1.807, 2.05) is 6.07 Å². The number of nitrogens with zero attached hydrogens (tertiary/aromatic N) is 4. The second-order valence-electron chi connectivity index (χ2n) is 5.50. The van der Waals surface area contributed by atoms with Crippen LogP contribution in [-0.4, -0.2) is 42.1 Å². The summed E-state index contributed by atoms with van der Waals surface area (Å²) in [5.74, 6) is 0.957. The number of anilines is 1. The topological polar surface area (TPSA) is 43.2 Å². The van der Waals surface area contributed by atoms with Crippen molar-refractivity contribution in [3.63, 3.8) is 0 Å². The van der Waals surface area contributed by atoms with Crippen molar-refractivity contribution in [2.75, 3.05) is 31.1 Å². The molecule has 19 heavy (non-hydrogen) atoms. The van der Waals surface area contributed by atoms with Gasteiger partial charge < -0.3 is 4.90 Å². The van der Waals surface area contributed by atoms with E-state index in [4.69, 9.17) is 5.26 Å². The maximum absolute atomic E-state index is 8.96. The van der Waals surface area contributed by atoms with Crippen LogP contribution in [0, 0.1) is 11.3 Å². The molecule has 0 aliphatic carbocycles. The smallest absolute Gasteiger partial charge is 0.129 e. The van der Waals surface area contributed by atoms with Gasteiger partial charge in [-0.3, -0.25) is 4.90 Å². The van der Waals surface area contributed by atoms with E-state index >= 15 is 0 Å². The maximum atomic E-state index is 8.96. The molecule has 0 N–H and O–H groups in total. The standard InChI is InChI=1S/C15H20N4/c16-11-13-4-6-17-15(10-13)19-9-5-14(12-19)18-7-2-1-3-8-18/h4,6,10,14H,1-3,5,7-9,12H2/t14-/m0/s1. The molecule has 1 atom stereocenters. The highest BCUT2D eigenvalue weighted by Crippen LogP contribution is 2.24. The van der Waals surface area contributed by atoms with Gasteiger partial charge in [-0.05, 0) is 44.5 Å². The van der Waals surface area contributed by atoms with Gasteiger partial charge in [-0.1, -0.05) is 6.42 Å². The fourth-order valence-corrected chi connectivity index (χ4v) is 3.19. The average molecular weight is 256 g/mol. The van der Waals surface area contributed by atoms with Crippen LogP contribution in [0.3, 0.4) is 0 Å². The SMILES string of the molecule is N#Cc1ccnc(N2CC[C@H](N3CCCCC3)C2)c1. The molecule has 1 aromatic rings. The quantitative estimate of drug-likeness (QED) is 0.812. The lowest BCUT2D eigenvalue weighted by atomic mass is 10.1. The van der Waals surface area contributed by atoms with E-state index in [9.17, 15) is 0 Å². The molecule has 0 aromatic carbocycles. The molecule has 2 aliphatic heterocycles. The zero-order valence-electron chi connectivity index (χ0n) is 11.3. The van der Waals surface area contributed by atoms with Crippen molar-refractivity contribution in [3.8, 4) is 6.07 Å². The number of hydrogen-bond donors (Lipinski definition) is 0. The van der Waals surface area contributed by atoms with Crippen molar-refractivity contribution in [1.29, 1.82) is 5.26 Å². The molecule has 0 saturated carbocycles. The Hall–Kier alpha value is -1.60. The van der Waals surface area contributed by atoms with Crippen molar-refractivity contribution in [3.05, 3.63) is 23.9 Å². The number of aromatic nitrogens is 1. The van der Waals surface area contributed by atoms with Gasteiger partial charge in [0.2, 0.25) is 0 Å². The van der Waals surface area contributed by atoms with Gasteiger partial charge in [0.25, 0.3) is 0 Å². The maximum Gasteiger partial charge on any atom is 0.129 e. The Morgan fingerprint density at radius 2 is 2.05 bits per heavy atom. The molecule has 4 nitrogen and oxygen atoms in total. The summed E-state index contributed by atoms with van der Waals surface area (Å²) in [6.45, 7) is 4.62. The monoisotopic (exact) mass is 256 g/mol. The second kappa shape index (κ2) is 5.58. The summed E-state index contributed by atoms with van der Waals surface area (Å²) >= 11 is 0. The summed E-state index contributed by atoms with van der Waals surface area (Å²) in [5, 5.41) is 8.96. The van der Waals surface area contributed by atoms with Crippen molar-refractivity contribution in [2.45, 2.75) is 31.7 Å². The molecule has 1 aromatic heterocycles. The fraction of sp³-hybridized carbons (Fsp3) is 0.600. The molecule has 0 amide bonds. The Morgan fingerprint density at radius 3 is 2.84 bits per heavy atom. The minimum Gasteiger partial charge on any atom is -0.355 e. The van der Waals surface area contributed by atoms with Gasteiger partial charge >= 0.3 is 0 Å². The number of likely N-dealkylation sites (tertiary alicyclic amines) is 1. The molecule has 0 radical (unpaired) electrons. The summed E-state index contributed by atoms with van der Waals surface area (Å²) in [6, 6.07) is 6.53. The highest BCUT2D eigenvalue weighted by atomic mass is 15.3. The van der Waals surface area contributed by atoms with Crippen LogP contribution in [-0.2, 0) is 0 Å². The van der Waals surface area contributed by atoms with Crippen molar-refractivity contribution in [2.24, 2.45) is 0 Å². The second-order valence-corrected chi connectivity index (χ2v) is 5.50. The van der Waals surface area contributed by atoms with Gasteiger partial charge in [-0.25, -0.2) is 4.98 Å². The van der Waals surface area contributed by atoms with Gasteiger partial charge in [-0.2, -0.15) is 5.26 Å². The van der Waals surface area contributed by atoms with Crippen molar-refractivity contribution in [1.82, 2.24) is 9.88 Å². The zero-order valence-corrected chi connectivity index (χ0v) is 11.3. The van der Waals surface area contributed by atoms with Crippen LogP contribution in [0.2, 0.25) is 0 Å². The lowest BCUT2D eigenvalue weighted by Crippen LogP contribution is -2.40. The van der Waals surface area contributed by atoms with E-state index in [1.165, 1.54) is 38.8 Å². The van der Waals surface area contributed by atoms with Gasteiger partial charge in [0, 0.05) is 25.3 Å². The highest BCUT2D eigenvalue weighted by Gasteiger charge is 2.29. The fourth-order valence-electron chi connectivity index (χ4n) is 3.19. The number of hydrogen-bond acceptors (Lipinski definition) is 4. The summed E-state index contributed by atoms with van der Waals surface area (Å²) in [7, 11) is 0. The third-order valence-electron chi connectivity index (χ3n) is 4.27. The lowest BCUT2D eigenvalue weighted by molar-refractivity contribution is 0.175. The molecule has 2 fully saturated rings. The van der Waals surface area contributed by atoms with E-state index in [1.54, 1.807) is 12.3 Å². The van der Waals surface area contributed by atoms with Crippen LogP contribution < -0.4 is 4.90 Å². The lowest BCUT2D eigenvalue weighted by Gasteiger charge is -2.32. The van der Waals surface area contributed by atoms with E-state index in [0.29, 0.717) is 11.6 Å². The van der Waals surface area contributed by atoms with Crippen molar-refractivity contribution < 1.29 is 0 Å². The van der Waals surface area contributed by atoms with Gasteiger partial charge in [-0.15, -0.1) is 0 Å². The molecule has 2 saturated heterocycles. The first-order valence-corrected chi connectivity index (χ1v) is 7.22. The van der Waals surface area contributed by atoms with Crippen LogP contribution in [0.1, 0.15) is 31.2 Å². The third-order valence-corrected chi connectivity index (χ3v) is 4.27. The minimum absolute atomic E-state index is 0.674. The zero-order chi connectivity index (χ0) is 13.1. The van der Waals surface area contributed by atoms with E-state index in [0.717, 1.165) is 18.9 Å². The normalized spacial score (nSPS) is 24.4. The summed E-state index contributed by atoms with van der Waals surface area (Å²) in [4.78, 5) is 9.36. The van der Waals surface area contributed by atoms with Gasteiger partial charge in [0.1, 0.15) is 5.82 Å². The summed E-state index contributed by atoms with van der Waals surface area (Å²) in [5.41, 5.74) is 0.700. The molecule has 3 rings (SSSR count). The Bertz CT molecular complexity index is 473. The Morgan fingerprint density at radius 1 is 1.21 bits per heavy atom. The summed E-state index contributed by atoms with van der Waals surface area (Å²) in [6.07, 6.45) is 7.04. The van der Waals surface area contributed by atoms with Gasteiger partial charge in [0.15, 0.2) is 0 Å². The molecule has 2 aliphatic rings. The van der Waals surface area contributed by atoms with Gasteiger partial charge in [0.05, 0.1) is 11.6 Å². The van der Waals surface area contributed by atoms with Crippen LogP contribution in [0.25, 0.3) is 0 Å². The van der Waals surface area contributed by atoms with Crippen LogP contribution in [0.15, 0.2) is 18.3 Å². The molecule has 4 heteroatoms. The molecular weight excluding hydrogens is 236 g/mol. The number of nitriles is 1. The van der Waals surface area contributed by atoms with E-state index < -0.39 is 0 Å². The van der Waals surface area contributed by atoms with Crippen LogP contribution in [0.5, 0.6) is 0 Å². The highest BCUT2D eigenvalue weighted by molar-refractivity contribution is 5.45. The number of piperidine rings is 1. The third kappa shape index (κ3) is 2.71. The largest absolute Gasteiger partial charge is 0.355 e. The number of pyridine rings is 1. The molecular formula is C15H20N4. The van der Waals surface area contributed by atoms with E-state index in [-0.39, 0.29) is 0 Å². The van der Waals surface area contributed by atoms with E-state index in [2.05, 4.69) is 20.9 Å². The Balaban J connectivity index is 1.66. The number of rotatable bonds is 2. The Labute approximate surface area is 114 Å². The first-order valence-electron chi connectivity index (χ1n) is 7.22. The van der Waals surface area contributed by atoms with Crippen molar-refractivity contribution >= 4 is 5.82 Å². The predicted molar refractivity (Wildman–Crippen MR) is 75.0 cm³/mol. The minimum atomic E-state index is 0.674. The molecule has 0 spiro atoms. The first-order chi connectivity index (χ1) is 9.36. The molecule has 0 bridgehead atoms. The van der Waals surface area contributed by atoms with Crippen LogP contribution in [0.4, 0.5) is 5.82 Å². The Kier molecular flexibility index (Phi) is 3.65. The first kappa shape index (κ1) is 12.4. The predicted octanol–water partition coefficient (Wildman–Crippen LogP) is 2.02. The average Bonchev–Trinajstić information content (AvgIpc) is 2.98. The molecule has 3 heterocycles.